The number of morpholine rings is 1. The molecule has 3 rings (SSSR count). The van der Waals surface area contributed by atoms with Gasteiger partial charge in [-0.25, -0.2) is 4.79 Å². The third kappa shape index (κ3) is 6.80. The van der Waals surface area contributed by atoms with Gasteiger partial charge in [0, 0.05) is 25.3 Å². The lowest BCUT2D eigenvalue weighted by Gasteiger charge is -2.26. The molecule has 142 valence electrons. The van der Waals surface area contributed by atoms with Crippen LogP contribution in [0.15, 0.2) is 64.8 Å². The van der Waals surface area contributed by atoms with E-state index in [0.29, 0.717) is 6.54 Å². The van der Waals surface area contributed by atoms with Crippen LogP contribution >= 0.6 is 0 Å². The van der Waals surface area contributed by atoms with Crippen molar-refractivity contribution in [1.82, 2.24) is 10.2 Å². The highest BCUT2D eigenvalue weighted by Crippen LogP contribution is 2.19. The summed E-state index contributed by atoms with van der Waals surface area (Å²) < 4.78 is 5.32. The van der Waals surface area contributed by atoms with Gasteiger partial charge in [0.15, 0.2) is 0 Å². The zero-order chi connectivity index (χ0) is 18.7. The normalized spacial score (nSPS) is 15.0. The van der Waals surface area contributed by atoms with Crippen LogP contribution in [0, 0.1) is 0 Å². The second kappa shape index (κ2) is 10.4. The van der Waals surface area contributed by atoms with Gasteiger partial charge in [0.2, 0.25) is 0 Å². The second-order valence-corrected chi connectivity index (χ2v) is 6.27. The van der Waals surface area contributed by atoms with Crippen LogP contribution in [0.3, 0.4) is 0 Å². The van der Waals surface area contributed by atoms with E-state index in [9.17, 15) is 4.79 Å². The molecule has 0 aromatic heterocycles. The van der Waals surface area contributed by atoms with Gasteiger partial charge in [-0.15, -0.1) is 0 Å². The number of hydrogen-bond acceptors (Lipinski definition) is 5. The first kappa shape index (κ1) is 19.0. The number of benzene rings is 2. The summed E-state index contributed by atoms with van der Waals surface area (Å²) in [7, 11) is 0. The average molecular weight is 367 g/mol. The lowest BCUT2D eigenvalue weighted by atomic mass is 10.3. The smallest absolute Gasteiger partial charge is 0.319 e. The van der Waals surface area contributed by atoms with E-state index in [1.807, 2.05) is 54.6 Å². The van der Waals surface area contributed by atoms with Gasteiger partial charge < -0.3 is 15.4 Å². The molecule has 2 N–H and O–H groups in total. The predicted molar refractivity (Wildman–Crippen MR) is 106 cm³/mol. The quantitative estimate of drug-likeness (QED) is 0.575. The minimum Gasteiger partial charge on any atom is -0.379 e. The summed E-state index contributed by atoms with van der Waals surface area (Å²) in [6, 6.07) is 16.6. The van der Waals surface area contributed by atoms with Crippen molar-refractivity contribution in [3.05, 3.63) is 54.6 Å². The number of nitrogens with zero attached hydrogens (tertiary/aromatic N) is 3. The largest absolute Gasteiger partial charge is 0.379 e. The van der Waals surface area contributed by atoms with Crippen molar-refractivity contribution in [1.29, 1.82) is 0 Å². The van der Waals surface area contributed by atoms with Gasteiger partial charge in [-0.3, -0.25) is 4.90 Å². The summed E-state index contributed by atoms with van der Waals surface area (Å²) >= 11 is 0. The minimum atomic E-state index is -0.198. The molecule has 0 atom stereocenters. The topological polar surface area (TPSA) is 78.3 Å². The van der Waals surface area contributed by atoms with E-state index in [1.165, 1.54) is 0 Å². The Kier molecular flexibility index (Phi) is 7.32. The van der Waals surface area contributed by atoms with Gasteiger partial charge in [0.1, 0.15) is 0 Å². The summed E-state index contributed by atoms with van der Waals surface area (Å²) in [5, 5.41) is 14.1. The van der Waals surface area contributed by atoms with Gasteiger partial charge in [0.05, 0.1) is 24.6 Å². The number of carbonyl (C=O) groups is 1. The van der Waals surface area contributed by atoms with Gasteiger partial charge in [-0.2, -0.15) is 10.2 Å². The summed E-state index contributed by atoms with van der Waals surface area (Å²) in [5.74, 6) is 0. The first-order valence-electron chi connectivity index (χ1n) is 9.21. The Balaban J connectivity index is 1.37. The number of nitrogens with one attached hydrogen (secondary N) is 2. The molecule has 1 aliphatic rings. The molecule has 1 heterocycles. The molecule has 1 aliphatic heterocycles. The van der Waals surface area contributed by atoms with Crippen LogP contribution in [-0.2, 0) is 4.74 Å². The van der Waals surface area contributed by atoms with E-state index >= 15 is 0 Å². The van der Waals surface area contributed by atoms with Crippen molar-refractivity contribution in [3.8, 4) is 0 Å². The molecule has 1 fully saturated rings. The number of azo groups is 1. The zero-order valence-electron chi connectivity index (χ0n) is 15.3. The highest BCUT2D eigenvalue weighted by atomic mass is 16.5. The van der Waals surface area contributed by atoms with E-state index in [0.717, 1.165) is 56.3 Å². The van der Waals surface area contributed by atoms with Crippen LogP contribution in [-0.4, -0.2) is 50.3 Å². The third-order valence-electron chi connectivity index (χ3n) is 4.20. The molecule has 0 spiro atoms. The van der Waals surface area contributed by atoms with Gasteiger partial charge in [-0.05, 0) is 49.4 Å². The molecule has 2 amide bonds. The lowest BCUT2D eigenvalue weighted by Crippen LogP contribution is -2.38. The number of urea groups is 1. The van der Waals surface area contributed by atoms with Crippen molar-refractivity contribution in [2.24, 2.45) is 10.2 Å². The van der Waals surface area contributed by atoms with E-state index in [-0.39, 0.29) is 6.03 Å². The molecule has 2 aromatic carbocycles. The summed E-state index contributed by atoms with van der Waals surface area (Å²) in [6.45, 7) is 5.17. The van der Waals surface area contributed by atoms with Crippen LogP contribution in [0.1, 0.15) is 6.42 Å². The van der Waals surface area contributed by atoms with E-state index in [1.54, 1.807) is 0 Å². The highest BCUT2D eigenvalue weighted by molar-refractivity contribution is 5.89. The van der Waals surface area contributed by atoms with Gasteiger partial charge >= 0.3 is 6.03 Å². The molecule has 7 nitrogen and oxygen atoms in total. The van der Waals surface area contributed by atoms with Crippen molar-refractivity contribution in [2.45, 2.75) is 6.42 Å². The number of rotatable bonds is 7. The Morgan fingerprint density at radius 1 is 0.963 bits per heavy atom. The van der Waals surface area contributed by atoms with Crippen LogP contribution in [0.5, 0.6) is 0 Å². The van der Waals surface area contributed by atoms with Crippen LogP contribution in [0.2, 0.25) is 0 Å². The molecule has 0 radical (unpaired) electrons. The molecule has 0 bridgehead atoms. The maximum Gasteiger partial charge on any atom is 0.319 e. The molecule has 2 aromatic rings. The fraction of sp³-hybridized carbons (Fsp3) is 0.350. The molecule has 0 saturated carbocycles. The van der Waals surface area contributed by atoms with Gasteiger partial charge in [0.25, 0.3) is 0 Å². The van der Waals surface area contributed by atoms with Crippen molar-refractivity contribution < 1.29 is 9.53 Å². The Labute approximate surface area is 159 Å². The average Bonchev–Trinajstić information content (AvgIpc) is 2.72. The maximum absolute atomic E-state index is 12.0. The molecular formula is C20H25N5O2. The molecule has 27 heavy (non-hydrogen) atoms. The van der Waals surface area contributed by atoms with Crippen molar-refractivity contribution in [3.63, 3.8) is 0 Å². The standard InChI is InChI=1S/C20H25N5O2/c26-20(21-11-4-12-25-13-15-27-16-14-25)22-17-7-9-19(10-8-17)24-23-18-5-2-1-3-6-18/h1-3,5-10H,4,11-16H2,(H2,21,22,26). The molecule has 0 unspecified atom stereocenters. The summed E-state index contributed by atoms with van der Waals surface area (Å²) in [4.78, 5) is 14.3. The Bertz CT molecular complexity index is 728. The van der Waals surface area contributed by atoms with E-state index in [4.69, 9.17) is 4.74 Å². The number of ether oxygens (including phenoxy) is 1. The number of carbonyl (C=O) groups excluding carboxylic acids is 1. The SMILES string of the molecule is O=C(NCCCN1CCOCC1)Nc1ccc(N=Nc2ccccc2)cc1. The van der Waals surface area contributed by atoms with Crippen molar-refractivity contribution in [2.75, 3.05) is 44.7 Å². The third-order valence-corrected chi connectivity index (χ3v) is 4.20. The fourth-order valence-electron chi connectivity index (χ4n) is 2.73. The second-order valence-electron chi connectivity index (χ2n) is 6.27. The Morgan fingerprint density at radius 3 is 2.33 bits per heavy atom. The first-order valence-corrected chi connectivity index (χ1v) is 9.21. The van der Waals surface area contributed by atoms with Gasteiger partial charge in [-0.1, -0.05) is 18.2 Å². The van der Waals surface area contributed by atoms with E-state index in [2.05, 4.69) is 25.8 Å². The predicted octanol–water partition coefficient (Wildman–Crippen LogP) is 3.95. The zero-order valence-corrected chi connectivity index (χ0v) is 15.3. The molecule has 0 aliphatic carbocycles. The van der Waals surface area contributed by atoms with Crippen LogP contribution < -0.4 is 10.6 Å². The van der Waals surface area contributed by atoms with Crippen LogP contribution in [0.25, 0.3) is 0 Å². The Hall–Kier alpha value is -2.77. The minimum absolute atomic E-state index is 0.198. The highest BCUT2D eigenvalue weighted by Gasteiger charge is 2.09. The maximum atomic E-state index is 12.0. The van der Waals surface area contributed by atoms with E-state index < -0.39 is 0 Å². The summed E-state index contributed by atoms with van der Waals surface area (Å²) in [5.41, 5.74) is 2.26. The number of hydrogen-bond donors (Lipinski definition) is 2. The Morgan fingerprint density at radius 2 is 1.63 bits per heavy atom. The number of amides is 2. The number of anilines is 1. The first-order chi connectivity index (χ1) is 13.3. The summed E-state index contributed by atoms with van der Waals surface area (Å²) in [6.07, 6.45) is 0.923. The lowest BCUT2D eigenvalue weighted by molar-refractivity contribution is 0.0375. The van der Waals surface area contributed by atoms with Crippen LogP contribution in [0.4, 0.5) is 21.9 Å². The molecular weight excluding hydrogens is 342 g/mol. The molecule has 7 heteroatoms. The molecule has 1 saturated heterocycles. The monoisotopic (exact) mass is 367 g/mol. The fourth-order valence-corrected chi connectivity index (χ4v) is 2.73. The van der Waals surface area contributed by atoms with Crippen molar-refractivity contribution >= 4 is 23.1 Å².